The van der Waals surface area contributed by atoms with Gasteiger partial charge in [0.15, 0.2) is 0 Å². The van der Waals surface area contributed by atoms with Crippen LogP contribution in [0.3, 0.4) is 0 Å². The van der Waals surface area contributed by atoms with Crippen LogP contribution in [0.5, 0.6) is 0 Å². The monoisotopic (exact) mass is 161 g/mol. The topological polar surface area (TPSA) is 78.1 Å². The molecular formula is C6H12ClN3. The van der Waals surface area contributed by atoms with Crippen LogP contribution < -0.4 is 17.2 Å². The highest BCUT2D eigenvalue weighted by Crippen LogP contribution is 1.99. The lowest BCUT2D eigenvalue weighted by atomic mass is 10.3. The Hall–Kier alpha value is -0.670. The molecular weight excluding hydrogens is 150 g/mol. The Morgan fingerprint density at radius 3 is 2.40 bits per heavy atom. The van der Waals surface area contributed by atoms with E-state index in [1.807, 2.05) is 0 Å². The first kappa shape index (κ1) is 9.33. The van der Waals surface area contributed by atoms with Crippen LogP contribution in [0.4, 0.5) is 0 Å². The molecule has 0 aromatic rings. The summed E-state index contributed by atoms with van der Waals surface area (Å²) in [6.45, 7) is 3.43. The summed E-state index contributed by atoms with van der Waals surface area (Å²) in [6, 6.07) is 0. The third kappa shape index (κ3) is 4.23. The Balaban J connectivity index is 3.81. The lowest BCUT2D eigenvalue weighted by molar-refractivity contribution is 0.912. The number of rotatable bonds is 3. The summed E-state index contributed by atoms with van der Waals surface area (Å²) in [5, 5.41) is 0. The molecule has 0 aliphatic carbocycles. The minimum Gasteiger partial charge on any atom is -0.398 e. The molecule has 4 heteroatoms. The maximum Gasteiger partial charge on any atom is 0.0836 e. The van der Waals surface area contributed by atoms with E-state index in [-0.39, 0.29) is 0 Å². The Labute approximate surface area is 65.5 Å². The predicted octanol–water partition coefficient (Wildman–Crippen LogP) is 0.215. The fourth-order valence-corrected chi connectivity index (χ4v) is 0.460. The Morgan fingerprint density at radius 2 is 2.10 bits per heavy atom. The zero-order valence-electron chi connectivity index (χ0n) is 5.68. The van der Waals surface area contributed by atoms with Crippen molar-refractivity contribution in [1.82, 2.24) is 0 Å². The molecule has 0 saturated carbocycles. The van der Waals surface area contributed by atoms with Crippen LogP contribution in [-0.4, -0.2) is 5.50 Å². The lowest BCUT2D eigenvalue weighted by Crippen LogP contribution is -2.13. The zero-order chi connectivity index (χ0) is 8.15. The standard InChI is InChI=1S/C6H12ClN3/c1-4(8)5(9)2-3-6(7)10/h2,6H,1,3,8-10H2/b5-2+/t6-/m1/s1. The van der Waals surface area contributed by atoms with Gasteiger partial charge in [-0.15, -0.1) is 11.6 Å². The summed E-state index contributed by atoms with van der Waals surface area (Å²) in [4.78, 5) is 0. The first-order chi connectivity index (χ1) is 4.54. The molecule has 0 unspecified atom stereocenters. The minimum absolute atomic E-state index is 0.345. The molecule has 0 aromatic carbocycles. The molecule has 0 rings (SSSR count). The molecule has 6 N–H and O–H groups in total. The molecule has 0 heterocycles. The van der Waals surface area contributed by atoms with E-state index >= 15 is 0 Å². The molecule has 0 bridgehead atoms. The largest absolute Gasteiger partial charge is 0.398 e. The molecule has 0 fully saturated rings. The van der Waals surface area contributed by atoms with Gasteiger partial charge in [0.1, 0.15) is 0 Å². The van der Waals surface area contributed by atoms with Crippen LogP contribution in [-0.2, 0) is 0 Å². The summed E-state index contributed by atoms with van der Waals surface area (Å²) in [7, 11) is 0. The van der Waals surface area contributed by atoms with Gasteiger partial charge in [-0.3, -0.25) is 0 Å². The number of hydrogen-bond acceptors (Lipinski definition) is 3. The van der Waals surface area contributed by atoms with E-state index in [1.54, 1.807) is 6.08 Å². The Morgan fingerprint density at radius 1 is 1.60 bits per heavy atom. The van der Waals surface area contributed by atoms with Crippen molar-refractivity contribution in [3.05, 3.63) is 24.0 Å². The van der Waals surface area contributed by atoms with Gasteiger partial charge in [0.2, 0.25) is 0 Å². The zero-order valence-corrected chi connectivity index (χ0v) is 6.43. The molecule has 0 amide bonds. The van der Waals surface area contributed by atoms with Crippen LogP contribution >= 0.6 is 11.6 Å². The number of hydrogen-bond donors (Lipinski definition) is 3. The second kappa shape index (κ2) is 4.19. The second-order valence-corrected chi connectivity index (χ2v) is 2.50. The highest BCUT2D eigenvalue weighted by atomic mass is 35.5. The van der Waals surface area contributed by atoms with E-state index in [0.29, 0.717) is 17.8 Å². The second-order valence-electron chi connectivity index (χ2n) is 1.94. The van der Waals surface area contributed by atoms with Crippen LogP contribution in [0.1, 0.15) is 6.42 Å². The summed E-state index contributed by atoms with van der Waals surface area (Å²) in [6.07, 6.45) is 2.16. The van der Waals surface area contributed by atoms with E-state index < -0.39 is 5.50 Å². The van der Waals surface area contributed by atoms with E-state index in [9.17, 15) is 0 Å². The predicted molar refractivity (Wildman–Crippen MR) is 44.0 cm³/mol. The van der Waals surface area contributed by atoms with Gasteiger partial charge >= 0.3 is 0 Å². The van der Waals surface area contributed by atoms with Gasteiger partial charge in [-0.2, -0.15) is 0 Å². The van der Waals surface area contributed by atoms with Crippen molar-refractivity contribution in [2.45, 2.75) is 11.9 Å². The molecule has 58 valence electrons. The van der Waals surface area contributed by atoms with E-state index in [2.05, 4.69) is 6.58 Å². The Bertz CT molecular complexity index is 151. The molecule has 10 heavy (non-hydrogen) atoms. The lowest BCUT2D eigenvalue weighted by Gasteiger charge is -2.00. The average Bonchev–Trinajstić information content (AvgIpc) is 1.82. The summed E-state index contributed by atoms with van der Waals surface area (Å²) >= 11 is 5.43. The first-order valence-electron chi connectivity index (χ1n) is 2.84. The van der Waals surface area contributed by atoms with Crippen molar-refractivity contribution in [2.24, 2.45) is 17.2 Å². The molecule has 0 aromatic heterocycles. The smallest absolute Gasteiger partial charge is 0.0836 e. The van der Waals surface area contributed by atoms with Gasteiger partial charge in [-0.1, -0.05) is 12.7 Å². The van der Waals surface area contributed by atoms with E-state index in [4.69, 9.17) is 28.8 Å². The number of halogens is 1. The molecule has 1 atom stereocenters. The van der Waals surface area contributed by atoms with Crippen molar-refractivity contribution in [3.8, 4) is 0 Å². The third-order valence-electron chi connectivity index (χ3n) is 0.934. The summed E-state index contributed by atoms with van der Waals surface area (Å²) in [5.41, 5.74) is 16.3. The van der Waals surface area contributed by atoms with Crippen molar-refractivity contribution in [2.75, 3.05) is 0 Å². The molecule has 3 nitrogen and oxygen atoms in total. The normalized spacial score (nSPS) is 14.8. The molecule has 0 spiro atoms. The molecule has 0 aliphatic heterocycles. The average molecular weight is 162 g/mol. The SMILES string of the molecule is C=C(N)/C(N)=C\C[C@@H](N)Cl. The van der Waals surface area contributed by atoms with Gasteiger partial charge in [-0.25, -0.2) is 0 Å². The van der Waals surface area contributed by atoms with E-state index in [0.717, 1.165) is 0 Å². The van der Waals surface area contributed by atoms with Gasteiger partial charge in [-0.05, 0) is 6.42 Å². The van der Waals surface area contributed by atoms with Crippen LogP contribution in [0.2, 0.25) is 0 Å². The van der Waals surface area contributed by atoms with Crippen molar-refractivity contribution < 1.29 is 0 Å². The van der Waals surface area contributed by atoms with Gasteiger partial charge in [0.05, 0.1) is 11.2 Å². The fraction of sp³-hybridized carbons (Fsp3) is 0.333. The van der Waals surface area contributed by atoms with Crippen molar-refractivity contribution in [1.29, 1.82) is 0 Å². The minimum atomic E-state index is -0.405. The number of alkyl halides is 1. The summed E-state index contributed by atoms with van der Waals surface area (Å²) in [5.74, 6) is 0. The first-order valence-corrected chi connectivity index (χ1v) is 3.27. The summed E-state index contributed by atoms with van der Waals surface area (Å²) < 4.78 is 0. The van der Waals surface area contributed by atoms with Crippen LogP contribution in [0, 0.1) is 0 Å². The maximum atomic E-state index is 5.43. The third-order valence-corrected chi connectivity index (χ3v) is 1.11. The quantitative estimate of drug-likeness (QED) is 0.315. The molecule has 0 radical (unpaired) electrons. The van der Waals surface area contributed by atoms with Crippen molar-refractivity contribution in [3.63, 3.8) is 0 Å². The maximum absolute atomic E-state index is 5.43. The fourth-order valence-electron chi connectivity index (χ4n) is 0.371. The molecule has 0 saturated heterocycles. The van der Waals surface area contributed by atoms with Gasteiger partial charge in [0.25, 0.3) is 0 Å². The molecule has 0 aliphatic rings. The van der Waals surface area contributed by atoms with Crippen LogP contribution in [0.15, 0.2) is 24.0 Å². The number of nitrogens with two attached hydrogens (primary N) is 3. The van der Waals surface area contributed by atoms with E-state index in [1.165, 1.54) is 0 Å². The highest BCUT2D eigenvalue weighted by molar-refractivity contribution is 6.20. The highest BCUT2D eigenvalue weighted by Gasteiger charge is 1.94. The van der Waals surface area contributed by atoms with Crippen molar-refractivity contribution >= 4 is 11.6 Å². The van der Waals surface area contributed by atoms with Gasteiger partial charge < -0.3 is 17.2 Å². The van der Waals surface area contributed by atoms with Gasteiger partial charge in [0, 0.05) is 5.70 Å². The Kier molecular flexibility index (Phi) is 3.91. The van der Waals surface area contributed by atoms with Crippen LogP contribution in [0.25, 0.3) is 0 Å².